The maximum atomic E-state index is 13.7. The summed E-state index contributed by atoms with van der Waals surface area (Å²) >= 11 is 1.37. The van der Waals surface area contributed by atoms with E-state index >= 15 is 0 Å². The second-order valence-electron chi connectivity index (χ2n) is 9.87. The predicted molar refractivity (Wildman–Crippen MR) is 119 cm³/mol. The lowest BCUT2D eigenvalue weighted by Gasteiger charge is -2.55. The lowest BCUT2D eigenvalue weighted by Crippen LogP contribution is -2.54. The van der Waals surface area contributed by atoms with Gasteiger partial charge >= 0.3 is 0 Å². The van der Waals surface area contributed by atoms with E-state index in [1.54, 1.807) is 13.0 Å². The fraction of sp³-hybridized carbons (Fsp3) is 0.542. The van der Waals surface area contributed by atoms with E-state index in [1.807, 2.05) is 11.4 Å². The van der Waals surface area contributed by atoms with Crippen LogP contribution < -0.4 is 5.32 Å². The highest BCUT2D eigenvalue weighted by molar-refractivity contribution is 7.91. The maximum absolute atomic E-state index is 13.7. The molecule has 4 bridgehead atoms. The highest BCUT2D eigenvalue weighted by atomic mass is 32.2. The molecule has 2 aromatic rings. The zero-order chi connectivity index (χ0) is 21.8. The quantitative estimate of drug-likeness (QED) is 0.613. The third-order valence-electron chi connectivity index (χ3n) is 7.66. The van der Waals surface area contributed by atoms with Crippen molar-refractivity contribution in [3.63, 3.8) is 0 Å². The van der Waals surface area contributed by atoms with Gasteiger partial charge in [0.1, 0.15) is 11.1 Å². The minimum atomic E-state index is -3.79. The molecular formula is C24H28FNO3S2. The van der Waals surface area contributed by atoms with Gasteiger partial charge in [-0.2, -0.15) is 0 Å². The molecule has 0 unspecified atom stereocenters. The molecule has 4 fully saturated rings. The number of rotatable bonds is 6. The largest absolute Gasteiger partial charge is 0.354 e. The number of amides is 1. The summed E-state index contributed by atoms with van der Waals surface area (Å²) in [6, 6.07) is 7.51. The molecule has 1 N–H and O–H groups in total. The van der Waals surface area contributed by atoms with E-state index in [2.05, 4.69) is 5.32 Å². The second-order valence-corrected chi connectivity index (χ2v) is 13.0. The Labute approximate surface area is 187 Å². The molecule has 0 saturated heterocycles. The minimum Gasteiger partial charge on any atom is -0.354 e. The van der Waals surface area contributed by atoms with Crippen molar-refractivity contribution in [2.75, 3.05) is 6.54 Å². The van der Waals surface area contributed by atoms with Crippen LogP contribution >= 0.6 is 11.3 Å². The average Bonchev–Trinajstić information content (AvgIpc) is 3.23. The van der Waals surface area contributed by atoms with Crippen LogP contribution in [0, 0.1) is 35.9 Å². The lowest BCUT2D eigenvalue weighted by atomic mass is 9.49. The normalized spacial score (nSPS) is 30.3. The fourth-order valence-corrected chi connectivity index (χ4v) is 9.43. The van der Waals surface area contributed by atoms with Gasteiger partial charge in [0.2, 0.25) is 5.91 Å². The van der Waals surface area contributed by atoms with E-state index in [1.165, 1.54) is 48.8 Å². The van der Waals surface area contributed by atoms with E-state index < -0.39 is 20.9 Å². The number of hydrogen-bond donors (Lipinski definition) is 1. The SMILES string of the molecule is Cc1cc(S(=O)(=O)[C@H](CNC(=O)C23CC4CC(CC(C4)C2)C3)c2cccs2)ccc1F. The first-order valence-electron chi connectivity index (χ1n) is 11.1. The topological polar surface area (TPSA) is 63.2 Å². The molecule has 6 rings (SSSR count). The van der Waals surface area contributed by atoms with Crippen molar-refractivity contribution in [2.45, 2.75) is 55.6 Å². The van der Waals surface area contributed by atoms with Gasteiger partial charge in [0, 0.05) is 16.8 Å². The standard InChI is InChI=1S/C24H28FNO3S2/c1-15-7-19(4-5-20(15)25)31(28,29)22(21-3-2-6-30-21)14-26-23(27)24-11-16-8-17(12-24)10-18(9-16)13-24/h2-7,16-18,22H,8-14H2,1H3,(H,26,27)/t16?,17?,18?,22-,24?/m1/s1. The Morgan fingerprint density at radius 2 is 1.81 bits per heavy atom. The first-order chi connectivity index (χ1) is 14.8. The molecule has 7 heteroatoms. The molecule has 1 heterocycles. The molecule has 4 aliphatic carbocycles. The van der Waals surface area contributed by atoms with Gasteiger partial charge in [-0.05, 0) is 98.4 Å². The lowest BCUT2D eigenvalue weighted by molar-refractivity contribution is -0.146. The van der Waals surface area contributed by atoms with Gasteiger partial charge in [-0.15, -0.1) is 11.3 Å². The maximum Gasteiger partial charge on any atom is 0.226 e. The number of thiophene rings is 1. The number of aryl methyl sites for hydroxylation is 1. The van der Waals surface area contributed by atoms with Crippen LogP contribution in [0.2, 0.25) is 0 Å². The Bertz CT molecular complexity index is 1060. The first kappa shape index (κ1) is 21.1. The molecule has 0 spiro atoms. The number of halogens is 1. The molecular weight excluding hydrogens is 433 g/mol. The summed E-state index contributed by atoms with van der Waals surface area (Å²) in [4.78, 5) is 14.2. The van der Waals surface area contributed by atoms with Crippen molar-refractivity contribution in [2.24, 2.45) is 23.2 Å². The van der Waals surface area contributed by atoms with Crippen molar-refractivity contribution in [1.82, 2.24) is 5.32 Å². The second kappa shape index (κ2) is 7.69. The monoisotopic (exact) mass is 461 g/mol. The number of benzene rings is 1. The summed E-state index contributed by atoms with van der Waals surface area (Å²) in [6.45, 7) is 1.60. The van der Waals surface area contributed by atoms with Gasteiger partial charge in [-0.1, -0.05) is 6.07 Å². The number of sulfone groups is 1. The molecule has 1 atom stereocenters. The van der Waals surface area contributed by atoms with Crippen LogP contribution in [-0.4, -0.2) is 20.9 Å². The van der Waals surface area contributed by atoms with Crippen molar-refractivity contribution in [1.29, 1.82) is 0 Å². The number of carbonyl (C=O) groups is 1. The average molecular weight is 462 g/mol. The third kappa shape index (κ3) is 3.74. The van der Waals surface area contributed by atoms with Crippen molar-refractivity contribution >= 4 is 27.1 Å². The highest BCUT2D eigenvalue weighted by Crippen LogP contribution is 2.60. The van der Waals surface area contributed by atoms with Gasteiger partial charge in [0.15, 0.2) is 9.84 Å². The van der Waals surface area contributed by atoms with Gasteiger partial charge in [0.25, 0.3) is 0 Å². The van der Waals surface area contributed by atoms with E-state index in [4.69, 9.17) is 0 Å². The first-order valence-corrected chi connectivity index (χ1v) is 13.5. The van der Waals surface area contributed by atoms with Crippen LogP contribution in [0.4, 0.5) is 4.39 Å². The Morgan fingerprint density at radius 3 is 2.35 bits per heavy atom. The summed E-state index contributed by atoms with van der Waals surface area (Å²) in [6.07, 6.45) is 6.59. The molecule has 1 aromatic heterocycles. The smallest absolute Gasteiger partial charge is 0.226 e. The number of carbonyl (C=O) groups excluding carboxylic acids is 1. The van der Waals surface area contributed by atoms with Crippen LogP contribution in [0.1, 0.15) is 54.2 Å². The van der Waals surface area contributed by atoms with Gasteiger partial charge < -0.3 is 5.32 Å². The van der Waals surface area contributed by atoms with Crippen molar-refractivity contribution < 1.29 is 17.6 Å². The zero-order valence-electron chi connectivity index (χ0n) is 17.6. The highest BCUT2D eigenvalue weighted by Gasteiger charge is 2.54. The molecule has 1 amide bonds. The molecule has 4 nitrogen and oxygen atoms in total. The fourth-order valence-electron chi connectivity index (χ4n) is 6.56. The summed E-state index contributed by atoms with van der Waals surface area (Å²) < 4.78 is 40.7. The van der Waals surface area contributed by atoms with Crippen molar-refractivity contribution in [3.05, 3.63) is 52.0 Å². The number of hydrogen-bond acceptors (Lipinski definition) is 4. The molecule has 4 saturated carbocycles. The van der Waals surface area contributed by atoms with Gasteiger partial charge in [-0.25, -0.2) is 12.8 Å². The van der Waals surface area contributed by atoms with Gasteiger partial charge in [0.05, 0.1) is 4.90 Å². The van der Waals surface area contributed by atoms with E-state index in [0.717, 1.165) is 19.3 Å². The molecule has 0 radical (unpaired) electrons. The summed E-state index contributed by atoms with van der Waals surface area (Å²) in [7, 11) is -3.79. The summed E-state index contributed by atoms with van der Waals surface area (Å²) in [5, 5.41) is 4.01. The van der Waals surface area contributed by atoms with Crippen LogP contribution in [0.25, 0.3) is 0 Å². The molecule has 166 valence electrons. The van der Waals surface area contributed by atoms with E-state index in [0.29, 0.717) is 28.2 Å². The Balaban J connectivity index is 1.39. The van der Waals surface area contributed by atoms with Crippen LogP contribution in [-0.2, 0) is 14.6 Å². The van der Waals surface area contributed by atoms with Gasteiger partial charge in [-0.3, -0.25) is 4.79 Å². The Hall–Kier alpha value is -1.73. The van der Waals surface area contributed by atoms with E-state index in [-0.39, 0.29) is 22.8 Å². The summed E-state index contributed by atoms with van der Waals surface area (Å²) in [5.74, 6) is 1.54. The van der Waals surface area contributed by atoms with Crippen LogP contribution in [0.5, 0.6) is 0 Å². The molecule has 0 aliphatic heterocycles. The molecule has 31 heavy (non-hydrogen) atoms. The molecule has 4 aliphatic rings. The molecule has 1 aromatic carbocycles. The minimum absolute atomic E-state index is 0.0265. The van der Waals surface area contributed by atoms with Crippen LogP contribution in [0.3, 0.4) is 0 Å². The number of nitrogens with one attached hydrogen (secondary N) is 1. The summed E-state index contributed by atoms with van der Waals surface area (Å²) in [5.41, 5.74) is -0.0195. The predicted octanol–water partition coefficient (Wildman–Crippen LogP) is 5.04. The third-order valence-corrected chi connectivity index (χ3v) is 10.9. The van der Waals surface area contributed by atoms with E-state index in [9.17, 15) is 17.6 Å². The van der Waals surface area contributed by atoms with Crippen LogP contribution in [0.15, 0.2) is 40.6 Å². The zero-order valence-corrected chi connectivity index (χ0v) is 19.3. The Kier molecular flexibility index (Phi) is 5.25. The van der Waals surface area contributed by atoms with Crippen molar-refractivity contribution in [3.8, 4) is 0 Å². The Morgan fingerprint density at radius 1 is 1.16 bits per heavy atom.